The minimum atomic E-state index is -1.26. The number of aromatic nitrogens is 3. The lowest BCUT2D eigenvalue weighted by atomic mass is 10.3. The Hall–Kier alpha value is -2.11. The number of rotatable bonds is 1. The standard InChI is InChI=1S/C8H4FN3O2/c9-4-1-2-5-6(3-4)11-12-7(10-5)8(13)14/h1-3H,(H,13,14). The molecule has 1 heterocycles. The second kappa shape index (κ2) is 2.99. The number of fused-ring (bicyclic) bond motifs is 1. The topological polar surface area (TPSA) is 76.0 Å². The van der Waals surface area contributed by atoms with Gasteiger partial charge in [-0.2, -0.15) is 0 Å². The maximum Gasteiger partial charge on any atom is 0.375 e. The first kappa shape index (κ1) is 8.49. The van der Waals surface area contributed by atoms with Gasteiger partial charge in [0.05, 0.1) is 5.52 Å². The van der Waals surface area contributed by atoms with Gasteiger partial charge in [-0.05, 0) is 12.1 Å². The number of hydrogen-bond donors (Lipinski definition) is 1. The third-order valence-electron chi connectivity index (χ3n) is 1.61. The molecule has 0 aliphatic carbocycles. The zero-order chi connectivity index (χ0) is 10.1. The van der Waals surface area contributed by atoms with Gasteiger partial charge in [-0.1, -0.05) is 0 Å². The molecule has 1 aromatic carbocycles. The van der Waals surface area contributed by atoms with E-state index in [1.807, 2.05) is 0 Å². The van der Waals surface area contributed by atoms with Crippen molar-refractivity contribution in [3.63, 3.8) is 0 Å². The monoisotopic (exact) mass is 193 g/mol. The Kier molecular flexibility index (Phi) is 1.81. The predicted molar refractivity (Wildman–Crippen MR) is 44.3 cm³/mol. The van der Waals surface area contributed by atoms with Gasteiger partial charge in [0.1, 0.15) is 11.3 Å². The van der Waals surface area contributed by atoms with Crippen LogP contribution in [0.5, 0.6) is 0 Å². The fraction of sp³-hybridized carbons (Fsp3) is 0. The van der Waals surface area contributed by atoms with Crippen molar-refractivity contribution < 1.29 is 14.3 Å². The average Bonchev–Trinajstić information content (AvgIpc) is 2.16. The Morgan fingerprint density at radius 2 is 2.07 bits per heavy atom. The first-order valence-electron chi connectivity index (χ1n) is 3.70. The van der Waals surface area contributed by atoms with Crippen molar-refractivity contribution in [2.24, 2.45) is 0 Å². The van der Waals surface area contributed by atoms with E-state index in [1.54, 1.807) is 0 Å². The Bertz CT molecular complexity index is 515. The van der Waals surface area contributed by atoms with Crippen LogP contribution in [0.3, 0.4) is 0 Å². The van der Waals surface area contributed by atoms with Gasteiger partial charge >= 0.3 is 5.97 Å². The summed E-state index contributed by atoms with van der Waals surface area (Å²) in [6.45, 7) is 0. The summed E-state index contributed by atoms with van der Waals surface area (Å²) in [7, 11) is 0. The van der Waals surface area contributed by atoms with Gasteiger partial charge in [-0.15, -0.1) is 10.2 Å². The fourth-order valence-corrected chi connectivity index (χ4v) is 1.000. The Morgan fingerprint density at radius 1 is 1.29 bits per heavy atom. The molecule has 0 aliphatic rings. The van der Waals surface area contributed by atoms with E-state index in [-0.39, 0.29) is 5.52 Å². The van der Waals surface area contributed by atoms with Crippen LogP contribution in [0.2, 0.25) is 0 Å². The molecule has 2 rings (SSSR count). The molecular formula is C8H4FN3O2. The van der Waals surface area contributed by atoms with Gasteiger partial charge < -0.3 is 5.11 Å². The summed E-state index contributed by atoms with van der Waals surface area (Å²) in [4.78, 5) is 14.1. The Labute approximate surface area is 77.2 Å². The van der Waals surface area contributed by atoms with E-state index in [0.717, 1.165) is 6.07 Å². The fourth-order valence-electron chi connectivity index (χ4n) is 1.000. The van der Waals surface area contributed by atoms with Crippen LogP contribution >= 0.6 is 0 Å². The minimum absolute atomic E-state index is 0.231. The molecule has 0 aliphatic heterocycles. The van der Waals surface area contributed by atoms with Crippen molar-refractivity contribution in [3.05, 3.63) is 29.8 Å². The summed E-state index contributed by atoms with van der Waals surface area (Å²) in [5, 5.41) is 15.4. The van der Waals surface area contributed by atoms with Crippen molar-refractivity contribution in [2.45, 2.75) is 0 Å². The number of hydrogen-bond acceptors (Lipinski definition) is 4. The molecule has 14 heavy (non-hydrogen) atoms. The molecule has 0 atom stereocenters. The highest BCUT2D eigenvalue weighted by Gasteiger charge is 2.08. The molecule has 2 aromatic rings. The maximum absolute atomic E-state index is 12.7. The highest BCUT2D eigenvalue weighted by atomic mass is 19.1. The molecule has 0 unspecified atom stereocenters. The molecular weight excluding hydrogens is 189 g/mol. The van der Waals surface area contributed by atoms with E-state index in [0.29, 0.717) is 5.52 Å². The number of halogens is 1. The summed E-state index contributed by atoms with van der Waals surface area (Å²) >= 11 is 0. The van der Waals surface area contributed by atoms with Crippen molar-refractivity contribution in [3.8, 4) is 0 Å². The molecule has 70 valence electrons. The van der Waals surface area contributed by atoms with Crippen molar-refractivity contribution in [1.82, 2.24) is 15.2 Å². The van der Waals surface area contributed by atoms with E-state index in [9.17, 15) is 9.18 Å². The predicted octanol–water partition coefficient (Wildman–Crippen LogP) is 0.862. The van der Waals surface area contributed by atoms with E-state index in [1.165, 1.54) is 12.1 Å². The lowest BCUT2D eigenvalue weighted by Crippen LogP contribution is -2.05. The van der Waals surface area contributed by atoms with Crippen LogP contribution in [-0.4, -0.2) is 26.3 Å². The highest BCUT2D eigenvalue weighted by Crippen LogP contribution is 2.09. The SMILES string of the molecule is O=C(O)c1nnc2cc(F)ccc2n1. The van der Waals surface area contributed by atoms with Gasteiger partial charge in [0, 0.05) is 6.07 Å². The summed E-state index contributed by atoms with van der Waals surface area (Å²) in [5.41, 5.74) is 0.536. The average molecular weight is 193 g/mol. The molecule has 1 N–H and O–H groups in total. The third-order valence-corrected chi connectivity index (χ3v) is 1.61. The molecule has 0 fully saturated rings. The first-order chi connectivity index (χ1) is 6.66. The normalized spacial score (nSPS) is 10.4. The molecule has 0 spiro atoms. The summed E-state index contributed by atoms with van der Waals surface area (Å²) in [5.74, 6) is -2.12. The molecule has 1 aromatic heterocycles. The van der Waals surface area contributed by atoms with E-state index in [4.69, 9.17) is 5.11 Å². The Balaban J connectivity index is 2.67. The molecule has 0 saturated heterocycles. The minimum Gasteiger partial charge on any atom is -0.475 e. The number of nitrogens with zero attached hydrogens (tertiary/aromatic N) is 3. The largest absolute Gasteiger partial charge is 0.475 e. The second-order valence-corrected chi connectivity index (χ2v) is 2.57. The maximum atomic E-state index is 12.7. The number of aromatic carboxylic acids is 1. The van der Waals surface area contributed by atoms with Gasteiger partial charge in [0.2, 0.25) is 0 Å². The number of benzene rings is 1. The van der Waals surface area contributed by atoms with Gasteiger partial charge in [0.25, 0.3) is 5.82 Å². The number of carboxylic acids is 1. The van der Waals surface area contributed by atoms with E-state index >= 15 is 0 Å². The van der Waals surface area contributed by atoms with Crippen LogP contribution in [0, 0.1) is 5.82 Å². The summed E-state index contributed by atoms with van der Waals surface area (Å²) in [6.07, 6.45) is 0. The first-order valence-corrected chi connectivity index (χ1v) is 3.70. The van der Waals surface area contributed by atoms with E-state index < -0.39 is 17.6 Å². The number of carboxylic acid groups (broad SMARTS) is 1. The Morgan fingerprint density at radius 3 is 2.79 bits per heavy atom. The molecule has 0 amide bonds. The quantitative estimate of drug-likeness (QED) is 0.726. The van der Waals surface area contributed by atoms with Crippen LogP contribution in [0.4, 0.5) is 4.39 Å². The summed E-state index contributed by atoms with van der Waals surface area (Å²) < 4.78 is 12.7. The van der Waals surface area contributed by atoms with Crippen LogP contribution in [-0.2, 0) is 0 Å². The zero-order valence-electron chi connectivity index (χ0n) is 6.81. The van der Waals surface area contributed by atoms with E-state index in [2.05, 4.69) is 15.2 Å². The second-order valence-electron chi connectivity index (χ2n) is 2.57. The van der Waals surface area contributed by atoms with Gasteiger partial charge in [-0.3, -0.25) is 0 Å². The molecule has 6 heteroatoms. The zero-order valence-corrected chi connectivity index (χ0v) is 6.81. The van der Waals surface area contributed by atoms with Gasteiger partial charge in [0.15, 0.2) is 0 Å². The van der Waals surface area contributed by atoms with Crippen molar-refractivity contribution in [1.29, 1.82) is 0 Å². The molecule has 0 saturated carbocycles. The number of carbonyl (C=O) groups is 1. The third kappa shape index (κ3) is 1.37. The molecule has 0 bridgehead atoms. The van der Waals surface area contributed by atoms with Crippen LogP contribution in [0.15, 0.2) is 18.2 Å². The van der Waals surface area contributed by atoms with Crippen molar-refractivity contribution >= 4 is 17.0 Å². The lowest BCUT2D eigenvalue weighted by molar-refractivity contribution is 0.0682. The molecule has 5 nitrogen and oxygen atoms in total. The highest BCUT2D eigenvalue weighted by molar-refractivity contribution is 5.85. The van der Waals surface area contributed by atoms with Gasteiger partial charge in [-0.25, -0.2) is 14.2 Å². The van der Waals surface area contributed by atoms with Crippen LogP contribution < -0.4 is 0 Å². The van der Waals surface area contributed by atoms with Crippen LogP contribution in [0.25, 0.3) is 11.0 Å². The lowest BCUT2D eigenvalue weighted by Gasteiger charge is -1.96. The molecule has 0 radical (unpaired) electrons. The summed E-state index contributed by atoms with van der Waals surface area (Å²) in [6, 6.07) is 3.68. The van der Waals surface area contributed by atoms with Crippen molar-refractivity contribution in [2.75, 3.05) is 0 Å². The van der Waals surface area contributed by atoms with Crippen LogP contribution in [0.1, 0.15) is 10.6 Å². The smallest absolute Gasteiger partial charge is 0.375 e.